The summed E-state index contributed by atoms with van der Waals surface area (Å²) in [4.78, 5) is 24.7. The number of anilines is 1. The van der Waals surface area contributed by atoms with Crippen LogP contribution in [0.5, 0.6) is 0 Å². The highest BCUT2D eigenvalue weighted by Crippen LogP contribution is 2.31. The van der Waals surface area contributed by atoms with Crippen molar-refractivity contribution < 1.29 is 9.59 Å². The molecule has 0 aliphatic heterocycles. The molecule has 5 nitrogen and oxygen atoms in total. The van der Waals surface area contributed by atoms with Crippen molar-refractivity contribution >= 4 is 28.3 Å². The molecule has 4 N–H and O–H groups in total. The van der Waals surface area contributed by atoms with Crippen molar-refractivity contribution in [3.05, 3.63) is 42.5 Å². The number of amides is 2. The van der Waals surface area contributed by atoms with E-state index in [0.717, 1.165) is 42.1 Å². The molecular formula is C20H25N3O2. The van der Waals surface area contributed by atoms with Crippen molar-refractivity contribution in [2.75, 3.05) is 11.9 Å². The molecule has 1 fully saturated rings. The van der Waals surface area contributed by atoms with Crippen LogP contribution in [0.3, 0.4) is 0 Å². The first kappa shape index (κ1) is 17.4. The van der Waals surface area contributed by atoms with Gasteiger partial charge in [0, 0.05) is 16.6 Å². The second kappa shape index (κ2) is 7.23. The normalized spacial score (nSPS) is 23.2. The Balaban J connectivity index is 1.60. The van der Waals surface area contributed by atoms with Gasteiger partial charge < -0.3 is 16.4 Å². The highest BCUT2D eigenvalue weighted by atomic mass is 16.2. The fraction of sp³-hybridized carbons (Fsp3) is 0.400. The van der Waals surface area contributed by atoms with Crippen LogP contribution >= 0.6 is 0 Å². The number of benzene rings is 2. The second-order valence-electron chi connectivity index (χ2n) is 7.10. The fourth-order valence-electron chi connectivity index (χ4n) is 3.61. The molecular weight excluding hydrogens is 314 g/mol. The molecule has 0 bridgehead atoms. The van der Waals surface area contributed by atoms with Gasteiger partial charge in [0.15, 0.2) is 0 Å². The Bertz CT molecular complexity index is 780. The lowest BCUT2D eigenvalue weighted by Crippen LogP contribution is -2.53. The van der Waals surface area contributed by atoms with Crippen molar-refractivity contribution in [2.24, 2.45) is 11.7 Å². The van der Waals surface area contributed by atoms with Crippen LogP contribution in [-0.4, -0.2) is 23.9 Å². The maximum absolute atomic E-state index is 12.4. The Labute approximate surface area is 148 Å². The van der Waals surface area contributed by atoms with E-state index >= 15 is 0 Å². The van der Waals surface area contributed by atoms with Crippen LogP contribution < -0.4 is 16.4 Å². The van der Waals surface area contributed by atoms with Crippen LogP contribution in [0.4, 0.5) is 5.69 Å². The molecule has 1 saturated carbocycles. The van der Waals surface area contributed by atoms with Crippen LogP contribution in [0.15, 0.2) is 42.5 Å². The molecule has 0 spiro atoms. The van der Waals surface area contributed by atoms with Crippen LogP contribution in [-0.2, 0) is 9.59 Å². The maximum Gasteiger partial charge on any atom is 0.243 e. The summed E-state index contributed by atoms with van der Waals surface area (Å²) in [5, 5.41) is 7.66. The zero-order chi connectivity index (χ0) is 17.9. The van der Waals surface area contributed by atoms with Gasteiger partial charge in [0.25, 0.3) is 0 Å². The minimum absolute atomic E-state index is 0.0470. The molecule has 0 heterocycles. The molecule has 2 unspecified atom stereocenters. The van der Waals surface area contributed by atoms with Crippen LogP contribution in [0.1, 0.15) is 32.6 Å². The average molecular weight is 339 g/mol. The van der Waals surface area contributed by atoms with Gasteiger partial charge in [-0.15, -0.1) is 0 Å². The van der Waals surface area contributed by atoms with Gasteiger partial charge in [-0.3, -0.25) is 9.59 Å². The molecule has 3 rings (SSSR count). The monoisotopic (exact) mass is 339 g/mol. The van der Waals surface area contributed by atoms with Gasteiger partial charge in [0.1, 0.15) is 0 Å². The third-order valence-electron chi connectivity index (χ3n) is 5.06. The van der Waals surface area contributed by atoms with Crippen molar-refractivity contribution in [3.63, 3.8) is 0 Å². The number of hydrogen-bond acceptors (Lipinski definition) is 3. The molecule has 2 aromatic rings. The SMILES string of the molecule is CC1(N)CCCCC1C(=O)NCC(=O)Nc1cccc2ccccc12. The van der Waals surface area contributed by atoms with Crippen molar-refractivity contribution in [2.45, 2.75) is 38.1 Å². The third-order valence-corrected chi connectivity index (χ3v) is 5.06. The molecule has 2 aromatic carbocycles. The third kappa shape index (κ3) is 3.99. The molecule has 2 atom stereocenters. The number of hydrogen-bond donors (Lipinski definition) is 3. The Hall–Kier alpha value is -2.40. The first-order valence-electron chi connectivity index (χ1n) is 8.81. The minimum atomic E-state index is -0.492. The standard InChI is InChI=1S/C20H25N3O2/c1-20(21)12-5-4-10-16(20)19(25)22-13-18(24)23-17-11-6-8-14-7-2-3-9-15(14)17/h2-3,6-9,11,16H,4-5,10,12-13,21H2,1H3,(H,22,25)(H,23,24). The van der Waals surface area contributed by atoms with E-state index in [2.05, 4.69) is 10.6 Å². The second-order valence-corrected chi connectivity index (χ2v) is 7.10. The number of fused-ring (bicyclic) bond motifs is 1. The first-order chi connectivity index (χ1) is 12.0. The van der Waals surface area contributed by atoms with Gasteiger partial charge >= 0.3 is 0 Å². The van der Waals surface area contributed by atoms with E-state index in [0.29, 0.717) is 0 Å². The van der Waals surface area contributed by atoms with Gasteiger partial charge in [-0.25, -0.2) is 0 Å². The van der Waals surface area contributed by atoms with Crippen LogP contribution in [0.25, 0.3) is 10.8 Å². The maximum atomic E-state index is 12.4. The highest BCUT2D eigenvalue weighted by Gasteiger charge is 2.37. The van der Waals surface area contributed by atoms with E-state index in [1.165, 1.54) is 0 Å². The minimum Gasteiger partial charge on any atom is -0.347 e. The van der Waals surface area contributed by atoms with Crippen molar-refractivity contribution in [1.82, 2.24) is 5.32 Å². The van der Waals surface area contributed by atoms with Gasteiger partial charge in [-0.1, -0.05) is 49.2 Å². The van der Waals surface area contributed by atoms with E-state index < -0.39 is 5.54 Å². The molecule has 0 aromatic heterocycles. The van der Waals surface area contributed by atoms with E-state index in [-0.39, 0.29) is 24.3 Å². The molecule has 5 heteroatoms. The number of carbonyl (C=O) groups excluding carboxylic acids is 2. The summed E-state index contributed by atoms with van der Waals surface area (Å²) in [6.45, 7) is 1.88. The summed E-state index contributed by atoms with van der Waals surface area (Å²) in [7, 11) is 0. The van der Waals surface area contributed by atoms with E-state index in [9.17, 15) is 9.59 Å². The van der Waals surface area contributed by atoms with Crippen LogP contribution in [0.2, 0.25) is 0 Å². The lowest BCUT2D eigenvalue weighted by atomic mass is 9.74. The van der Waals surface area contributed by atoms with Gasteiger partial charge in [0.2, 0.25) is 11.8 Å². The molecule has 132 valence electrons. The summed E-state index contributed by atoms with van der Waals surface area (Å²) in [5.74, 6) is -0.594. The Morgan fingerprint density at radius 1 is 1.16 bits per heavy atom. The highest BCUT2D eigenvalue weighted by molar-refractivity contribution is 6.03. The predicted octanol–water partition coefficient (Wildman–Crippen LogP) is 2.80. The summed E-state index contributed by atoms with van der Waals surface area (Å²) in [5.41, 5.74) is 6.51. The molecule has 25 heavy (non-hydrogen) atoms. The zero-order valence-electron chi connectivity index (χ0n) is 14.5. The van der Waals surface area contributed by atoms with E-state index in [4.69, 9.17) is 5.73 Å². The van der Waals surface area contributed by atoms with E-state index in [1.54, 1.807) is 0 Å². The Morgan fingerprint density at radius 3 is 2.72 bits per heavy atom. The molecule has 2 amide bonds. The quantitative estimate of drug-likeness (QED) is 0.801. The van der Waals surface area contributed by atoms with Crippen LogP contribution in [0, 0.1) is 5.92 Å². The largest absolute Gasteiger partial charge is 0.347 e. The molecule has 1 aliphatic rings. The number of nitrogens with one attached hydrogen (secondary N) is 2. The lowest BCUT2D eigenvalue weighted by Gasteiger charge is -2.37. The van der Waals surface area contributed by atoms with E-state index in [1.807, 2.05) is 49.4 Å². The first-order valence-corrected chi connectivity index (χ1v) is 8.81. The van der Waals surface area contributed by atoms with Crippen molar-refractivity contribution in [1.29, 1.82) is 0 Å². The number of rotatable bonds is 4. The Kier molecular flexibility index (Phi) is 5.04. The molecule has 0 saturated heterocycles. The van der Waals surface area contributed by atoms with Gasteiger partial charge in [0.05, 0.1) is 12.5 Å². The summed E-state index contributed by atoms with van der Waals surface area (Å²) in [6, 6.07) is 13.6. The fourth-order valence-corrected chi connectivity index (χ4v) is 3.61. The predicted molar refractivity (Wildman–Crippen MR) is 100 cm³/mol. The van der Waals surface area contributed by atoms with Crippen molar-refractivity contribution in [3.8, 4) is 0 Å². The smallest absolute Gasteiger partial charge is 0.243 e. The molecule has 1 aliphatic carbocycles. The summed E-state index contributed by atoms with van der Waals surface area (Å²) >= 11 is 0. The Morgan fingerprint density at radius 2 is 1.92 bits per heavy atom. The number of carbonyl (C=O) groups is 2. The number of nitrogens with two attached hydrogens (primary N) is 1. The lowest BCUT2D eigenvalue weighted by molar-refractivity contribution is -0.130. The summed E-state index contributed by atoms with van der Waals surface area (Å²) < 4.78 is 0. The van der Waals surface area contributed by atoms with Gasteiger partial charge in [-0.05, 0) is 31.2 Å². The molecule has 0 radical (unpaired) electrons. The van der Waals surface area contributed by atoms with Gasteiger partial charge in [-0.2, -0.15) is 0 Å². The summed E-state index contributed by atoms with van der Waals surface area (Å²) in [6.07, 6.45) is 3.68. The average Bonchev–Trinajstić information content (AvgIpc) is 2.60. The zero-order valence-corrected chi connectivity index (χ0v) is 14.5. The topological polar surface area (TPSA) is 84.2 Å².